The molecule has 3 rings (SSSR count). The van der Waals surface area contributed by atoms with E-state index in [0.717, 1.165) is 17.7 Å². The van der Waals surface area contributed by atoms with Crippen LogP contribution < -0.4 is 0 Å². The van der Waals surface area contributed by atoms with Crippen LogP contribution in [0.1, 0.15) is 31.8 Å². The van der Waals surface area contributed by atoms with E-state index in [1.165, 1.54) is 19.2 Å². The molecule has 154 valence electrons. The lowest BCUT2D eigenvalue weighted by Gasteiger charge is -2.34. The Kier molecular flexibility index (Phi) is 6.22. The van der Waals surface area contributed by atoms with E-state index in [4.69, 9.17) is 0 Å². The maximum absolute atomic E-state index is 12.6. The Morgan fingerprint density at radius 2 is 1.45 bits per heavy atom. The number of benzene rings is 2. The van der Waals surface area contributed by atoms with Gasteiger partial charge in [-0.1, -0.05) is 12.1 Å². The van der Waals surface area contributed by atoms with Crippen LogP contribution in [0, 0.1) is 0 Å². The number of methoxy groups -OCH3 is 1. The van der Waals surface area contributed by atoms with E-state index in [0.29, 0.717) is 43.9 Å². The summed E-state index contributed by atoms with van der Waals surface area (Å²) in [5, 5.41) is 0. The first kappa shape index (κ1) is 20.9. The normalized spacial score (nSPS) is 15.2. The number of hydrogen-bond acceptors (Lipinski definition) is 4. The summed E-state index contributed by atoms with van der Waals surface area (Å²) in [6.07, 6.45) is -4.33. The van der Waals surface area contributed by atoms with Crippen molar-refractivity contribution in [2.45, 2.75) is 12.7 Å². The zero-order valence-corrected chi connectivity index (χ0v) is 15.9. The van der Waals surface area contributed by atoms with Crippen molar-refractivity contribution in [3.63, 3.8) is 0 Å². The van der Waals surface area contributed by atoms with E-state index < -0.39 is 17.7 Å². The van der Waals surface area contributed by atoms with Crippen LogP contribution in [0.5, 0.6) is 0 Å². The molecule has 0 N–H and O–H groups in total. The highest BCUT2D eigenvalue weighted by atomic mass is 19.4. The fraction of sp³-hybridized carbons (Fsp3) is 0.333. The Hall–Kier alpha value is -2.87. The highest BCUT2D eigenvalue weighted by molar-refractivity contribution is 5.96. The minimum absolute atomic E-state index is 0.115. The number of piperazine rings is 1. The fourth-order valence-corrected chi connectivity index (χ4v) is 3.22. The van der Waals surface area contributed by atoms with Gasteiger partial charge in [0.05, 0.1) is 18.2 Å². The van der Waals surface area contributed by atoms with Crippen LogP contribution in [0.2, 0.25) is 0 Å². The molecular formula is C21H21F3N2O3. The van der Waals surface area contributed by atoms with Crippen LogP contribution in [0.4, 0.5) is 13.2 Å². The zero-order chi connectivity index (χ0) is 21.0. The highest BCUT2D eigenvalue weighted by Crippen LogP contribution is 2.29. The van der Waals surface area contributed by atoms with Gasteiger partial charge in [-0.3, -0.25) is 9.69 Å². The molecule has 0 radical (unpaired) electrons. The van der Waals surface area contributed by atoms with Gasteiger partial charge in [-0.25, -0.2) is 4.79 Å². The summed E-state index contributed by atoms with van der Waals surface area (Å²) in [6, 6.07) is 11.5. The van der Waals surface area contributed by atoms with Crippen molar-refractivity contribution in [2.75, 3.05) is 33.3 Å². The molecule has 0 spiro atoms. The lowest BCUT2D eigenvalue weighted by molar-refractivity contribution is -0.137. The van der Waals surface area contributed by atoms with Crippen molar-refractivity contribution in [3.05, 3.63) is 70.8 Å². The maximum atomic E-state index is 12.6. The molecule has 1 aliphatic heterocycles. The average Bonchev–Trinajstić information content (AvgIpc) is 2.73. The third-order valence-electron chi connectivity index (χ3n) is 4.90. The molecule has 0 bridgehead atoms. The summed E-state index contributed by atoms with van der Waals surface area (Å²) in [5.41, 5.74) is 1.02. The molecule has 2 aromatic carbocycles. The molecule has 0 saturated carbocycles. The van der Waals surface area contributed by atoms with Gasteiger partial charge in [0.15, 0.2) is 0 Å². The predicted molar refractivity (Wildman–Crippen MR) is 100 cm³/mol. The van der Waals surface area contributed by atoms with Crippen molar-refractivity contribution in [2.24, 2.45) is 0 Å². The summed E-state index contributed by atoms with van der Waals surface area (Å²) in [5.74, 6) is -0.573. The number of hydrogen-bond donors (Lipinski definition) is 0. The predicted octanol–water partition coefficient (Wildman–Crippen LogP) is 3.45. The molecule has 0 aromatic heterocycles. The number of ether oxygens (including phenoxy) is 1. The van der Waals surface area contributed by atoms with E-state index in [1.54, 1.807) is 29.2 Å². The molecule has 5 nitrogen and oxygen atoms in total. The van der Waals surface area contributed by atoms with Gasteiger partial charge < -0.3 is 9.64 Å². The molecule has 29 heavy (non-hydrogen) atoms. The van der Waals surface area contributed by atoms with E-state index in [9.17, 15) is 22.8 Å². The van der Waals surface area contributed by atoms with Crippen LogP contribution in [0.3, 0.4) is 0 Å². The Morgan fingerprint density at radius 3 is 1.97 bits per heavy atom. The van der Waals surface area contributed by atoms with Crippen LogP contribution in [0.15, 0.2) is 48.5 Å². The number of rotatable bonds is 4. The Labute approximate surface area is 166 Å². The number of alkyl halides is 3. The minimum atomic E-state index is -4.33. The first-order chi connectivity index (χ1) is 13.8. The average molecular weight is 406 g/mol. The summed E-state index contributed by atoms with van der Waals surface area (Å²) in [6.45, 7) is 2.85. The molecule has 1 fully saturated rings. The summed E-state index contributed by atoms with van der Waals surface area (Å²) >= 11 is 0. The van der Waals surface area contributed by atoms with Crippen molar-refractivity contribution < 1.29 is 27.5 Å². The molecule has 0 aliphatic carbocycles. The quantitative estimate of drug-likeness (QED) is 0.730. The van der Waals surface area contributed by atoms with E-state index in [2.05, 4.69) is 9.64 Å². The molecule has 1 heterocycles. The molecule has 2 aromatic rings. The van der Waals surface area contributed by atoms with Gasteiger partial charge >= 0.3 is 12.1 Å². The van der Waals surface area contributed by atoms with Crippen molar-refractivity contribution >= 4 is 11.9 Å². The maximum Gasteiger partial charge on any atom is 0.416 e. The van der Waals surface area contributed by atoms with Gasteiger partial charge in [0, 0.05) is 38.3 Å². The fourth-order valence-electron chi connectivity index (χ4n) is 3.22. The number of amides is 1. The number of nitrogens with zero attached hydrogens (tertiary/aromatic N) is 2. The molecule has 1 amide bonds. The monoisotopic (exact) mass is 406 g/mol. The lowest BCUT2D eigenvalue weighted by Crippen LogP contribution is -2.48. The van der Waals surface area contributed by atoms with Gasteiger partial charge in [-0.15, -0.1) is 0 Å². The first-order valence-corrected chi connectivity index (χ1v) is 9.14. The number of esters is 1. The van der Waals surface area contributed by atoms with Gasteiger partial charge in [0.2, 0.25) is 0 Å². The second-order valence-electron chi connectivity index (χ2n) is 6.83. The van der Waals surface area contributed by atoms with Gasteiger partial charge in [-0.2, -0.15) is 13.2 Å². The van der Waals surface area contributed by atoms with Crippen molar-refractivity contribution in [1.82, 2.24) is 9.80 Å². The molecular weight excluding hydrogens is 385 g/mol. The molecule has 0 unspecified atom stereocenters. The van der Waals surface area contributed by atoms with Crippen molar-refractivity contribution in [1.29, 1.82) is 0 Å². The number of halogens is 3. The van der Waals surface area contributed by atoms with Gasteiger partial charge in [-0.05, 0) is 42.0 Å². The lowest BCUT2D eigenvalue weighted by atomic mass is 10.1. The van der Waals surface area contributed by atoms with Crippen LogP contribution in [0.25, 0.3) is 0 Å². The van der Waals surface area contributed by atoms with Crippen LogP contribution >= 0.6 is 0 Å². The third kappa shape index (κ3) is 5.14. The zero-order valence-electron chi connectivity index (χ0n) is 15.9. The highest BCUT2D eigenvalue weighted by Gasteiger charge is 2.30. The molecule has 8 heteroatoms. The molecule has 1 saturated heterocycles. The Balaban J connectivity index is 1.53. The first-order valence-electron chi connectivity index (χ1n) is 9.14. The van der Waals surface area contributed by atoms with Gasteiger partial charge in [0.1, 0.15) is 0 Å². The Bertz CT molecular complexity index is 856. The number of carbonyl (C=O) groups excluding carboxylic acids is 2. The van der Waals surface area contributed by atoms with E-state index in [1.807, 2.05) is 0 Å². The summed E-state index contributed by atoms with van der Waals surface area (Å²) in [4.78, 5) is 27.9. The standard InChI is InChI=1S/C21H21F3N2O3/c1-29-20(28)17-6-4-16(5-7-17)19(27)26-12-10-25(11-13-26)14-15-2-8-18(9-3-15)21(22,23)24/h2-9H,10-14H2,1H3. The second kappa shape index (κ2) is 8.65. The second-order valence-corrected chi connectivity index (χ2v) is 6.83. The Morgan fingerprint density at radius 1 is 0.897 bits per heavy atom. The summed E-state index contributed by atoms with van der Waals surface area (Å²) in [7, 11) is 1.30. The SMILES string of the molecule is COC(=O)c1ccc(C(=O)N2CCN(Cc3ccc(C(F)(F)F)cc3)CC2)cc1. The third-order valence-corrected chi connectivity index (χ3v) is 4.90. The molecule has 0 atom stereocenters. The minimum Gasteiger partial charge on any atom is -0.465 e. The number of carbonyl (C=O) groups is 2. The topological polar surface area (TPSA) is 49.9 Å². The summed E-state index contributed by atoms with van der Waals surface area (Å²) < 4.78 is 42.6. The largest absolute Gasteiger partial charge is 0.465 e. The van der Waals surface area contributed by atoms with Crippen molar-refractivity contribution in [3.8, 4) is 0 Å². The van der Waals surface area contributed by atoms with Crippen LogP contribution in [-0.4, -0.2) is 55.0 Å². The smallest absolute Gasteiger partial charge is 0.416 e. The van der Waals surface area contributed by atoms with Crippen LogP contribution in [-0.2, 0) is 17.5 Å². The molecule has 1 aliphatic rings. The van der Waals surface area contributed by atoms with E-state index in [-0.39, 0.29) is 5.91 Å². The van der Waals surface area contributed by atoms with Gasteiger partial charge in [0.25, 0.3) is 5.91 Å². The van der Waals surface area contributed by atoms with E-state index >= 15 is 0 Å².